The minimum atomic E-state index is 0.503. The third-order valence-electron chi connectivity index (χ3n) is 4.18. The smallest absolute Gasteiger partial charge is 0.157 e. The topological polar surface area (TPSA) is 52.0 Å². The first-order valence-corrected chi connectivity index (χ1v) is 7.84. The van der Waals surface area contributed by atoms with Crippen molar-refractivity contribution >= 4 is 11.0 Å². The lowest BCUT2D eigenvalue weighted by Crippen LogP contribution is -2.21. The molecule has 0 aliphatic heterocycles. The highest BCUT2D eigenvalue weighted by molar-refractivity contribution is 5.78. The van der Waals surface area contributed by atoms with Crippen molar-refractivity contribution in [3.05, 3.63) is 23.5 Å². The van der Waals surface area contributed by atoms with Gasteiger partial charge >= 0.3 is 0 Å². The van der Waals surface area contributed by atoms with Crippen LogP contribution in [0.1, 0.15) is 36.9 Å². The summed E-state index contributed by atoms with van der Waals surface area (Å²) in [5.74, 6) is 0. The van der Waals surface area contributed by atoms with Crippen molar-refractivity contribution in [2.45, 2.75) is 45.3 Å². The number of ether oxygens (including phenoxy) is 1. The summed E-state index contributed by atoms with van der Waals surface area (Å²) >= 11 is 0. The van der Waals surface area contributed by atoms with Crippen LogP contribution in [0.3, 0.4) is 0 Å². The maximum atomic E-state index is 5.84. The van der Waals surface area contributed by atoms with Crippen LogP contribution in [0.4, 0.5) is 0 Å². The summed E-state index contributed by atoms with van der Waals surface area (Å²) in [5, 5.41) is 8.96. The predicted octanol–water partition coefficient (Wildman–Crippen LogP) is 2.33. The highest BCUT2D eigenvalue weighted by Gasteiger charge is 2.14. The quantitative estimate of drug-likeness (QED) is 0.829. The van der Waals surface area contributed by atoms with Crippen LogP contribution in [0.25, 0.3) is 11.0 Å². The number of fused-ring (bicyclic) bond motifs is 1. The Morgan fingerprint density at radius 2 is 2.19 bits per heavy atom. The second kappa shape index (κ2) is 6.54. The molecule has 1 saturated carbocycles. The average molecular weight is 288 g/mol. The molecular formula is C16H24N4O. The van der Waals surface area contributed by atoms with E-state index in [-0.39, 0.29) is 0 Å². The van der Waals surface area contributed by atoms with Gasteiger partial charge in [0.15, 0.2) is 5.65 Å². The SMILES string of the molecule is Cc1nn(C)c2ncc(CNCCOC3CCCC3)cc12. The molecule has 0 spiro atoms. The largest absolute Gasteiger partial charge is 0.377 e. The van der Waals surface area contributed by atoms with Crippen LogP contribution in [0.5, 0.6) is 0 Å². The normalized spacial score (nSPS) is 16.1. The number of aryl methyl sites for hydroxylation is 2. The Hall–Kier alpha value is -1.46. The van der Waals surface area contributed by atoms with E-state index in [4.69, 9.17) is 4.74 Å². The van der Waals surface area contributed by atoms with Crippen LogP contribution >= 0.6 is 0 Å². The fourth-order valence-electron chi connectivity index (χ4n) is 3.03. The van der Waals surface area contributed by atoms with Crippen molar-refractivity contribution in [2.75, 3.05) is 13.2 Å². The van der Waals surface area contributed by atoms with Gasteiger partial charge in [0.25, 0.3) is 0 Å². The standard InChI is InChI=1S/C16H24N4O/c1-12-15-9-13(11-18-16(15)20(2)19-12)10-17-7-8-21-14-5-3-4-6-14/h9,11,14,17H,3-8,10H2,1-2H3. The van der Waals surface area contributed by atoms with Crippen molar-refractivity contribution in [1.29, 1.82) is 0 Å². The zero-order valence-corrected chi connectivity index (χ0v) is 12.9. The predicted molar refractivity (Wildman–Crippen MR) is 83.2 cm³/mol. The van der Waals surface area contributed by atoms with Gasteiger partial charge in [-0.15, -0.1) is 0 Å². The summed E-state index contributed by atoms with van der Waals surface area (Å²) in [5.41, 5.74) is 3.17. The Balaban J connectivity index is 1.47. The summed E-state index contributed by atoms with van der Waals surface area (Å²) in [6, 6.07) is 2.18. The molecule has 0 bridgehead atoms. The van der Waals surface area contributed by atoms with Crippen LogP contribution in [-0.4, -0.2) is 34.0 Å². The highest BCUT2D eigenvalue weighted by Crippen LogP contribution is 2.20. The van der Waals surface area contributed by atoms with Crippen molar-refractivity contribution in [1.82, 2.24) is 20.1 Å². The van der Waals surface area contributed by atoms with Gasteiger partial charge in [-0.25, -0.2) is 4.98 Å². The van der Waals surface area contributed by atoms with E-state index in [0.717, 1.165) is 36.4 Å². The maximum absolute atomic E-state index is 5.84. The van der Waals surface area contributed by atoms with E-state index < -0.39 is 0 Å². The molecule has 1 N–H and O–H groups in total. The van der Waals surface area contributed by atoms with Gasteiger partial charge in [0, 0.05) is 31.7 Å². The Labute approximate surface area is 125 Å². The molecule has 5 nitrogen and oxygen atoms in total. The highest BCUT2D eigenvalue weighted by atomic mass is 16.5. The minimum absolute atomic E-state index is 0.503. The van der Waals surface area contributed by atoms with Crippen molar-refractivity contribution in [3.63, 3.8) is 0 Å². The third-order valence-corrected chi connectivity index (χ3v) is 4.18. The number of nitrogens with one attached hydrogen (secondary N) is 1. The third kappa shape index (κ3) is 3.41. The van der Waals surface area contributed by atoms with Crippen LogP contribution in [0, 0.1) is 6.92 Å². The Morgan fingerprint density at radius 1 is 1.38 bits per heavy atom. The molecule has 1 aliphatic carbocycles. The van der Waals surface area contributed by atoms with Gasteiger partial charge in [-0.2, -0.15) is 5.10 Å². The summed E-state index contributed by atoms with van der Waals surface area (Å²) in [6.45, 7) is 4.54. The van der Waals surface area contributed by atoms with Crippen LogP contribution in [0.15, 0.2) is 12.3 Å². The molecule has 0 aromatic carbocycles. The molecule has 114 valence electrons. The van der Waals surface area contributed by atoms with Gasteiger partial charge in [-0.05, 0) is 31.4 Å². The molecule has 2 aromatic rings. The van der Waals surface area contributed by atoms with Gasteiger partial charge in [0.1, 0.15) is 0 Å². The lowest BCUT2D eigenvalue weighted by Gasteiger charge is -2.11. The second-order valence-electron chi connectivity index (χ2n) is 5.88. The van der Waals surface area contributed by atoms with E-state index in [1.54, 1.807) is 0 Å². The summed E-state index contributed by atoms with van der Waals surface area (Å²) in [6.07, 6.45) is 7.56. The molecule has 0 unspecified atom stereocenters. The molecule has 21 heavy (non-hydrogen) atoms. The molecule has 2 aromatic heterocycles. The zero-order valence-electron chi connectivity index (χ0n) is 12.9. The van der Waals surface area contributed by atoms with Crippen LogP contribution in [-0.2, 0) is 18.3 Å². The molecule has 1 fully saturated rings. The van der Waals surface area contributed by atoms with E-state index in [2.05, 4.69) is 21.5 Å². The number of nitrogens with zero attached hydrogens (tertiary/aromatic N) is 3. The number of pyridine rings is 1. The monoisotopic (exact) mass is 288 g/mol. The number of rotatable bonds is 6. The summed E-state index contributed by atoms with van der Waals surface area (Å²) in [7, 11) is 1.93. The van der Waals surface area contributed by atoms with Gasteiger partial charge in [0.05, 0.1) is 18.4 Å². The first-order valence-electron chi connectivity index (χ1n) is 7.84. The Morgan fingerprint density at radius 3 is 3.00 bits per heavy atom. The molecule has 0 atom stereocenters. The van der Waals surface area contributed by atoms with E-state index in [9.17, 15) is 0 Å². The van der Waals surface area contributed by atoms with E-state index in [1.807, 2.05) is 24.9 Å². The fraction of sp³-hybridized carbons (Fsp3) is 0.625. The second-order valence-corrected chi connectivity index (χ2v) is 5.88. The number of hydrogen-bond donors (Lipinski definition) is 1. The lowest BCUT2D eigenvalue weighted by molar-refractivity contribution is 0.0602. The molecule has 2 heterocycles. The molecule has 0 saturated heterocycles. The first kappa shape index (κ1) is 14.5. The number of hydrogen-bond acceptors (Lipinski definition) is 4. The summed E-state index contributed by atoms with van der Waals surface area (Å²) < 4.78 is 7.67. The zero-order chi connectivity index (χ0) is 14.7. The molecule has 0 radical (unpaired) electrons. The van der Waals surface area contributed by atoms with Crippen molar-refractivity contribution in [2.24, 2.45) is 7.05 Å². The molecule has 0 amide bonds. The van der Waals surface area contributed by atoms with E-state index in [0.29, 0.717) is 6.10 Å². The van der Waals surface area contributed by atoms with Crippen LogP contribution in [0.2, 0.25) is 0 Å². The molecule has 5 heteroatoms. The van der Waals surface area contributed by atoms with Gasteiger partial charge in [0.2, 0.25) is 0 Å². The Kier molecular flexibility index (Phi) is 4.51. The van der Waals surface area contributed by atoms with E-state index in [1.165, 1.54) is 31.2 Å². The van der Waals surface area contributed by atoms with Crippen LogP contribution < -0.4 is 5.32 Å². The lowest BCUT2D eigenvalue weighted by atomic mass is 10.2. The molecular weight excluding hydrogens is 264 g/mol. The van der Waals surface area contributed by atoms with Crippen molar-refractivity contribution in [3.8, 4) is 0 Å². The average Bonchev–Trinajstić information content (AvgIpc) is 3.08. The summed E-state index contributed by atoms with van der Waals surface area (Å²) in [4.78, 5) is 4.49. The Bertz CT molecular complexity index is 602. The van der Waals surface area contributed by atoms with Gasteiger partial charge < -0.3 is 10.1 Å². The van der Waals surface area contributed by atoms with Gasteiger partial charge in [-0.1, -0.05) is 12.8 Å². The fourth-order valence-corrected chi connectivity index (χ4v) is 3.03. The first-order chi connectivity index (χ1) is 10.2. The molecule has 1 aliphatic rings. The maximum Gasteiger partial charge on any atom is 0.157 e. The van der Waals surface area contributed by atoms with Gasteiger partial charge in [-0.3, -0.25) is 4.68 Å². The minimum Gasteiger partial charge on any atom is -0.377 e. The van der Waals surface area contributed by atoms with E-state index >= 15 is 0 Å². The van der Waals surface area contributed by atoms with Crippen molar-refractivity contribution < 1.29 is 4.74 Å². The molecule has 3 rings (SSSR count). The number of aromatic nitrogens is 3.